The average molecular weight is 452 g/mol. The highest BCUT2D eigenvalue weighted by Gasteiger charge is 2.48. The lowest BCUT2D eigenvalue weighted by atomic mass is 9.87. The lowest BCUT2D eigenvalue weighted by Crippen LogP contribution is -2.60. The third-order valence-electron chi connectivity index (χ3n) is 5.71. The molecule has 0 unspecified atom stereocenters. The first-order valence-electron chi connectivity index (χ1n) is 9.96. The van der Waals surface area contributed by atoms with Crippen LogP contribution >= 0.6 is 0 Å². The molecule has 0 spiro atoms. The van der Waals surface area contributed by atoms with Crippen molar-refractivity contribution in [2.24, 2.45) is 7.05 Å². The Morgan fingerprint density at radius 1 is 1.00 bits per heavy atom. The van der Waals surface area contributed by atoms with E-state index in [0.717, 1.165) is 12.1 Å². The minimum Gasteiger partial charge on any atom is -0.317 e. The third kappa shape index (κ3) is 3.96. The maximum Gasteiger partial charge on any atom is 0.332 e. The summed E-state index contributed by atoms with van der Waals surface area (Å²) in [5, 5.41) is 4.08. The second-order valence-electron chi connectivity index (χ2n) is 7.97. The van der Waals surface area contributed by atoms with Crippen molar-refractivity contribution in [3.63, 3.8) is 0 Å². The van der Waals surface area contributed by atoms with Crippen LogP contribution in [0.5, 0.6) is 0 Å². The van der Waals surface area contributed by atoms with E-state index in [1.807, 2.05) is 0 Å². The zero-order chi connectivity index (χ0) is 23.9. The molecular weight excluding hydrogens is 433 g/mol. The Morgan fingerprint density at radius 2 is 1.67 bits per heavy atom. The molecule has 0 saturated carbocycles. The number of hydrogen-bond acceptors (Lipinski definition) is 3. The fourth-order valence-corrected chi connectivity index (χ4v) is 3.74. The summed E-state index contributed by atoms with van der Waals surface area (Å²) in [5.41, 5.74) is -0.859. The molecule has 3 amide bonds. The zero-order valence-electron chi connectivity index (χ0n) is 18.1. The van der Waals surface area contributed by atoms with Crippen LogP contribution in [0.4, 0.5) is 23.7 Å². The summed E-state index contributed by atoms with van der Waals surface area (Å²) in [4.78, 5) is 27.8. The first-order valence-corrected chi connectivity index (χ1v) is 9.96. The largest absolute Gasteiger partial charge is 0.332 e. The number of nitrogens with zero attached hydrogens (tertiary/aromatic N) is 4. The fourth-order valence-electron chi connectivity index (χ4n) is 3.74. The Kier molecular flexibility index (Phi) is 5.46. The van der Waals surface area contributed by atoms with Crippen molar-refractivity contribution in [1.29, 1.82) is 0 Å². The molecule has 33 heavy (non-hydrogen) atoms. The molecule has 9 heteroatoms. The molecule has 168 valence electrons. The first kappa shape index (κ1) is 22.1. The predicted molar refractivity (Wildman–Crippen MR) is 115 cm³/mol. The standard InChI is InChI=1S/C24H19F3N4O2/c1-24(17-13-28-29(2)14-17)12-21(32)31(23(33)30(24)3)22-19(26)10-16(11-20(22)27)8-7-15-5-4-6-18(25)9-15/h4-6,9-11,13-14H,12H2,1-3H3/t24-/m0/s1. The maximum absolute atomic E-state index is 14.9. The maximum atomic E-state index is 14.9. The molecule has 0 radical (unpaired) electrons. The summed E-state index contributed by atoms with van der Waals surface area (Å²) < 4.78 is 44.7. The third-order valence-corrected chi connectivity index (χ3v) is 5.71. The van der Waals surface area contributed by atoms with Crippen molar-refractivity contribution in [2.45, 2.75) is 18.9 Å². The lowest BCUT2D eigenvalue weighted by molar-refractivity contribution is -0.122. The van der Waals surface area contributed by atoms with Gasteiger partial charge in [0.2, 0.25) is 5.91 Å². The van der Waals surface area contributed by atoms with E-state index >= 15 is 0 Å². The van der Waals surface area contributed by atoms with E-state index in [1.54, 1.807) is 37.1 Å². The minimum atomic E-state index is -1.11. The number of carbonyl (C=O) groups is 2. The van der Waals surface area contributed by atoms with Gasteiger partial charge in [0.05, 0.1) is 18.2 Å². The topological polar surface area (TPSA) is 58.4 Å². The van der Waals surface area contributed by atoms with E-state index in [-0.39, 0.29) is 12.0 Å². The van der Waals surface area contributed by atoms with Crippen LogP contribution in [0, 0.1) is 29.3 Å². The number of urea groups is 1. The molecule has 1 aromatic heterocycles. The second kappa shape index (κ2) is 8.13. The summed E-state index contributed by atoms with van der Waals surface area (Å²) in [5.74, 6) is 1.73. The predicted octanol–water partition coefficient (Wildman–Crippen LogP) is 3.94. The Morgan fingerprint density at radius 3 is 2.27 bits per heavy atom. The molecule has 0 aliphatic carbocycles. The molecule has 0 N–H and O–H groups in total. The molecule has 4 rings (SSSR count). The Balaban J connectivity index is 1.67. The summed E-state index contributed by atoms with van der Waals surface area (Å²) in [6.45, 7) is 1.69. The van der Waals surface area contributed by atoms with Gasteiger partial charge < -0.3 is 4.90 Å². The number of hydrogen-bond donors (Lipinski definition) is 0. The van der Waals surface area contributed by atoms with Crippen molar-refractivity contribution in [3.8, 4) is 11.8 Å². The fraction of sp³-hybridized carbons (Fsp3) is 0.208. The highest BCUT2D eigenvalue weighted by atomic mass is 19.1. The van der Waals surface area contributed by atoms with Crippen molar-refractivity contribution in [2.75, 3.05) is 11.9 Å². The van der Waals surface area contributed by atoms with Crippen LogP contribution in [-0.2, 0) is 17.4 Å². The van der Waals surface area contributed by atoms with Gasteiger partial charge in [0.1, 0.15) is 11.5 Å². The lowest BCUT2D eigenvalue weighted by Gasteiger charge is -2.45. The van der Waals surface area contributed by atoms with Gasteiger partial charge in [0.15, 0.2) is 11.6 Å². The Labute approximate surface area is 188 Å². The van der Waals surface area contributed by atoms with Crippen molar-refractivity contribution in [1.82, 2.24) is 14.7 Å². The number of imide groups is 1. The first-order chi connectivity index (χ1) is 15.6. The highest BCUT2D eigenvalue weighted by molar-refractivity contribution is 6.16. The monoisotopic (exact) mass is 452 g/mol. The second-order valence-corrected chi connectivity index (χ2v) is 7.97. The van der Waals surface area contributed by atoms with E-state index in [4.69, 9.17) is 0 Å². The molecule has 1 aliphatic heterocycles. The Hall–Kier alpha value is -4.06. The SMILES string of the molecule is CN1C(=O)N(c2c(F)cc(C#Cc3cccc(F)c3)cc2F)C(=O)C[C@@]1(C)c1cnn(C)c1. The van der Waals surface area contributed by atoms with Crippen LogP contribution in [0.2, 0.25) is 0 Å². The summed E-state index contributed by atoms with van der Waals surface area (Å²) in [7, 11) is 3.17. The molecule has 1 fully saturated rings. The van der Waals surface area contributed by atoms with Crippen molar-refractivity contribution >= 4 is 17.6 Å². The molecule has 1 saturated heterocycles. The molecule has 1 atom stereocenters. The number of aryl methyl sites for hydroxylation is 1. The van der Waals surface area contributed by atoms with Crippen LogP contribution in [0.25, 0.3) is 0 Å². The van der Waals surface area contributed by atoms with Crippen LogP contribution in [-0.4, -0.2) is 33.7 Å². The van der Waals surface area contributed by atoms with Crippen molar-refractivity contribution < 1.29 is 22.8 Å². The number of amides is 3. The number of anilines is 1. The van der Waals surface area contributed by atoms with Crippen molar-refractivity contribution in [3.05, 3.63) is 82.9 Å². The van der Waals surface area contributed by atoms with Crippen LogP contribution < -0.4 is 4.90 Å². The van der Waals surface area contributed by atoms with Crippen LogP contribution in [0.3, 0.4) is 0 Å². The molecule has 2 aromatic carbocycles. The van der Waals surface area contributed by atoms with E-state index in [9.17, 15) is 22.8 Å². The highest BCUT2D eigenvalue weighted by Crippen LogP contribution is 2.38. The van der Waals surface area contributed by atoms with E-state index in [0.29, 0.717) is 16.0 Å². The van der Waals surface area contributed by atoms with Gasteiger partial charge in [-0.2, -0.15) is 5.10 Å². The molecule has 1 aliphatic rings. The van der Waals surface area contributed by atoms with Crippen LogP contribution in [0.1, 0.15) is 30.0 Å². The average Bonchev–Trinajstić information content (AvgIpc) is 3.20. The quantitative estimate of drug-likeness (QED) is 0.554. The number of halogens is 3. The number of benzene rings is 2. The molecule has 3 aromatic rings. The van der Waals surface area contributed by atoms with Crippen LogP contribution in [0.15, 0.2) is 48.8 Å². The number of rotatable bonds is 2. The van der Waals surface area contributed by atoms with Gasteiger partial charge in [-0.3, -0.25) is 9.48 Å². The van der Waals surface area contributed by atoms with E-state index in [2.05, 4.69) is 16.9 Å². The molecular formula is C24H19F3N4O2. The van der Waals surface area contributed by atoms with Gasteiger partial charge in [-0.15, -0.1) is 0 Å². The summed E-state index contributed by atoms with van der Waals surface area (Å²) in [6.07, 6.45) is 3.03. The van der Waals surface area contributed by atoms with E-state index < -0.39 is 40.6 Å². The molecule has 0 bridgehead atoms. The molecule has 2 heterocycles. The molecule has 6 nitrogen and oxygen atoms in total. The van der Waals surface area contributed by atoms with Gasteiger partial charge >= 0.3 is 6.03 Å². The van der Waals surface area contributed by atoms with E-state index in [1.165, 1.54) is 30.1 Å². The zero-order valence-corrected chi connectivity index (χ0v) is 18.1. The smallest absolute Gasteiger partial charge is 0.317 e. The summed E-state index contributed by atoms with van der Waals surface area (Å²) >= 11 is 0. The Bertz CT molecular complexity index is 1320. The van der Waals surface area contributed by atoms with Gasteiger partial charge in [-0.25, -0.2) is 22.9 Å². The van der Waals surface area contributed by atoms with Gasteiger partial charge in [0.25, 0.3) is 0 Å². The number of aromatic nitrogens is 2. The normalized spacial score (nSPS) is 18.4. The van der Waals surface area contributed by atoms with Gasteiger partial charge in [0, 0.05) is 37.0 Å². The number of carbonyl (C=O) groups excluding carboxylic acids is 2. The minimum absolute atomic E-state index is 0.0246. The van der Waals surface area contributed by atoms with Gasteiger partial charge in [-0.05, 0) is 37.3 Å². The van der Waals surface area contributed by atoms with Gasteiger partial charge in [-0.1, -0.05) is 17.9 Å². The summed E-state index contributed by atoms with van der Waals surface area (Å²) in [6, 6.07) is 6.45.